The Balaban J connectivity index is 1.81. The lowest BCUT2D eigenvalue weighted by Gasteiger charge is -2.01. The molecule has 0 radical (unpaired) electrons. The van der Waals surface area contributed by atoms with Crippen molar-refractivity contribution in [3.8, 4) is 17.1 Å². The number of hydrogen-bond acceptors (Lipinski definition) is 2. The molecule has 0 fully saturated rings. The zero-order valence-corrected chi connectivity index (χ0v) is 13.5. The Morgan fingerprint density at radius 3 is 2.64 bits per heavy atom. The third-order valence-electron chi connectivity index (χ3n) is 3.68. The highest BCUT2D eigenvalue weighted by Crippen LogP contribution is 2.28. The van der Waals surface area contributed by atoms with Gasteiger partial charge in [0, 0.05) is 34.2 Å². The minimum atomic E-state index is 0.648. The van der Waals surface area contributed by atoms with Crippen LogP contribution in [0, 0.1) is 6.92 Å². The Hall–Kier alpha value is -2.33. The Bertz CT molecular complexity index is 955. The summed E-state index contributed by atoms with van der Waals surface area (Å²) in [6.07, 6.45) is 4.02. The lowest BCUT2D eigenvalue weighted by molar-refractivity contribution is 0.619. The van der Waals surface area contributed by atoms with Crippen LogP contribution in [0.15, 0.2) is 69.8 Å². The number of benzene rings is 2. The monoisotopic (exact) mass is 352 g/mol. The van der Waals surface area contributed by atoms with Crippen molar-refractivity contribution in [3.05, 3.63) is 71.0 Å². The highest BCUT2D eigenvalue weighted by Gasteiger charge is 2.10. The summed E-state index contributed by atoms with van der Waals surface area (Å²) in [5.74, 6) is 0.648. The van der Waals surface area contributed by atoms with Crippen LogP contribution in [0.5, 0.6) is 0 Å². The summed E-state index contributed by atoms with van der Waals surface area (Å²) in [4.78, 5) is 4.58. The first-order chi connectivity index (χ1) is 10.7. The van der Waals surface area contributed by atoms with Crippen LogP contribution in [0.1, 0.15) is 5.56 Å². The highest BCUT2D eigenvalue weighted by molar-refractivity contribution is 9.10. The molecule has 0 bridgehead atoms. The summed E-state index contributed by atoms with van der Waals surface area (Å²) in [5, 5.41) is 0. The van der Waals surface area contributed by atoms with Gasteiger partial charge in [-0.3, -0.25) is 0 Å². The molecule has 4 rings (SSSR count). The minimum absolute atomic E-state index is 0.648. The number of fused-ring (bicyclic) bond motifs is 1. The Kier molecular flexibility index (Phi) is 3.12. The van der Waals surface area contributed by atoms with Crippen molar-refractivity contribution >= 4 is 27.0 Å². The number of halogens is 1. The molecule has 3 nitrogen and oxygen atoms in total. The molecule has 22 heavy (non-hydrogen) atoms. The van der Waals surface area contributed by atoms with Crippen molar-refractivity contribution in [2.24, 2.45) is 0 Å². The van der Waals surface area contributed by atoms with E-state index in [4.69, 9.17) is 4.42 Å². The maximum absolute atomic E-state index is 5.95. The van der Waals surface area contributed by atoms with Crippen LogP contribution >= 0.6 is 15.9 Å². The number of aromatic nitrogens is 2. The van der Waals surface area contributed by atoms with E-state index in [-0.39, 0.29) is 0 Å². The molecular formula is C18H13BrN2O. The molecule has 0 N–H and O–H groups in total. The summed E-state index contributed by atoms with van der Waals surface area (Å²) in [5.41, 5.74) is 4.87. The molecule has 0 unspecified atom stereocenters. The first-order valence-corrected chi connectivity index (χ1v) is 7.80. The molecule has 0 aliphatic rings. The lowest BCUT2D eigenvalue weighted by Crippen LogP contribution is -1.87. The second-order valence-electron chi connectivity index (χ2n) is 5.23. The molecule has 0 spiro atoms. The van der Waals surface area contributed by atoms with E-state index in [2.05, 4.69) is 33.9 Å². The SMILES string of the molecule is Cc1cc(-c2nc3ccc(-n4cccc4)cc3o2)ccc1Br. The standard InChI is InChI=1S/C18H13BrN2O/c1-12-10-13(4-6-15(12)19)18-20-16-7-5-14(11-17(16)22-18)21-8-2-3-9-21/h2-11H,1H3. The normalized spacial score (nSPS) is 11.2. The molecule has 2 aromatic heterocycles. The molecule has 108 valence electrons. The van der Waals surface area contributed by atoms with Gasteiger partial charge in [-0.2, -0.15) is 0 Å². The lowest BCUT2D eigenvalue weighted by atomic mass is 10.1. The van der Waals surface area contributed by atoms with E-state index in [1.807, 2.05) is 59.4 Å². The third-order valence-corrected chi connectivity index (χ3v) is 4.57. The molecule has 0 aliphatic carbocycles. The molecule has 0 amide bonds. The van der Waals surface area contributed by atoms with Crippen LogP contribution < -0.4 is 0 Å². The van der Waals surface area contributed by atoms with Gasteiger partial charge in [-0.05, 0) is 55.0 Å². The largest absolute Gasteiger partial charge is 0.436 e. The first-order valence-electron chi connectivity index (χ1n) is 7.01. The van der Waals surface area contributed by atoms with Crippen molar-refractivity contribution < 1.29 is 4.42 Å². The van der Waals surface area contributed by atoms with Crippen LogP contribution in [0.25, 0.3) is 28.2 Å². The molecule has 2 heterocycles. The fourth-order valence-electron chi connectivity index (χ4n) is 2.48. The number of rotatable bonds is 2. The quantitative estimate of drug-likeness (QED) is 0.486. The molecule has 4 heteroatoms. The molecule has 2 aromatic carbocycles. The number of aryl methyl sites for hydroxylation is 1. The summed E-state index contributed by atoms with van der Waals surface area (Å²) in [6, 6.07) is 16.1. The maximum atomic E-state index is 5.95. The topological polar surface area (TPSA) is 31.0 Å². The van der Waals surface area contributed by atoms with Gasteiger partial charge in [-0.15, -0.1) is 0 Å². The molecule has 4 aromatic rings. The molecule has 0 atom stereocenters. The maximum Gasteiger partial charge on any atom is 0.227 e. The van der Waals surface area contributed by atoms with Crippen molar-refractivity contribution in [1.29, 1.82) is 0 Å². The van der Waals surface area contributed by atoms with E-state index < -0.39 is 0 Å². The second kappa shape index (κ2) is 5.14. The Morgan fingerprint density at radius 1 is 1.05 bits per heavy atom. The predicted molar refractivity (Wildman–Crippen MR) is 91.2 cm³/mol. The van der Waals surface area contributed by atoms with E-state index in [0.29, 0.717) is 5.89 Å². The van der Waals surface area contributed by atoms with Crippen LogP contribution in [0.3, 0.4) is 0 Å². The van der Waals surface area contributed by atoms with Gasteiger partial charge in [0.2, 0.25) is 5.89 Å². The first kappa shape index (κ1) is 13.3. The van der Waals surface area contributed by atoms with Gasteiger partial charge < -0.3 is 8.98 Å². The van der Waals surface area contributed by atoms with Crippen LogP contribution in [-0.2, 0) is 0 Å². The summed E-state index contributed by atoms with van der Waals surface area (Å²) < 4.78 is 9.08. The Morgan fingerprint density at radius 2 is 1.86 bits per heavy atom. The van der Waals surface area contributed by atoms with E-state index in [1.165, 1.54) is 0 Å². The van der Waals surface area contributed by atoms with Crippen molar-refractivity contribution in [1.82, 2.24) is 9.55 Å². The second-order valence-corrected chi connectivity index (χ2v) is 6.08. The Labute approximate surface area is 136 Å². The van der Waals surface area contributed by atoms with Gasteiger partial charge in [-0.25, -0.2) is 4.98 Å². The van der Waals surface area contributed by atoms with E-state index in [1.54, 1.807) is 0 Å². The zero-order chi connectivity index (χ0) is 15.1. The number of hydrogen-bond donors (Lipinski definition) is 0. The molecular weight excluding hydrogens is 340 g/mol. The van der Waals surface area contributed by atoms with Crippen molar-refractivity contribution in [2.75, 3.05) is 0 Å². The van der Waals surface area contributed by atoms with E-state index in [9.17, 15) is 0 Å². The third kappa shape index (κ3) is 2.25. The van der Waals surface area contributed by atoms with E-state index >= 15 is 0 Å². The zero-order valence-electron chi connectivity index (χ0n) is 12.0. The number of oxazole rings is 1. The highest BCUT2D eigenvalue weighted by atomic mass is 79.9. The number of nitrogens with zero attached hydrogens (tertiary/aromatic N) is 2. The minimum Gasteiger partial charge on any atom is -0.436 e. The van der Waals surface area contributed by atoms with Crippen LogP contribution in [0.2, 0.25) is 0 Å². The summed E-state index contributed by atoms with van der Waals surface area (Å²) in [7, 11) is 0. The van der Waals surface area contributed by atoms with Crippen molar-refractivity contribution in [2.45, 2.75) is 6.92 Å². The van der Waals surface area contributed by atoms with Crippen molar-refractivity contribution in [3.63, 3.8) is 0 Å². The van der Waals surface area contributed by atoms with Gasteiger partial charge in [0.05, 0.1) is 0 Å². The summed E-state index contributed by atoms with van der Waals surface area (Å²) >= 11 is 3.51. The van der Waals surface area contributed by atoms with Crippen LogP contribution in [-0.4, -0.2) is 9.55 Å². The van der Waals surface area contributed by atoms with Crippen LogP contribution in [0.4, 0.5) is 0 Å². The van der Waals surface area contributed by atoms with Gasteiger partial charge in [0.1, 0.15) is 5.52 Å². The predicted octanol–water partition coefficient (Wildman–Crippen LogP) is 5.36. The molecule has 0 saturated heterocycles. The smallest absolute Gasteiger partial charge is 0.227 e. The molecule has 0 saturated carbocycles. The van der Waals surface area contributed by atoms with E-state index in [0.717, 1.165) is 32.4 Å². The van der Waals surface area contributed by atoms with Gasteiger partial charge in [0.15, 0.2) is 5.58 Å². The van der Waals surface area contributed by atoms with Gasteiger partial charge in [0.25, 0.3) is 0 Å². The average Bonchev–Trinajstić information content (AvgIpc) is 3.17. The molecule has 0 aliphatic heterocycles. The summed E-state index contributed by atoms with van der Waals surface area (Å²) in [6.45, 7) is 2.06. The fourth-order valence-corrected chi connectivity index (χ4v) is 2.73. The fraction of sp³-hybridized carbons (Fsp3) is 0.0556. The average molecular weight is 353 g/mol. The van der Waals surface area contributed by atoms with Gasteiger partial charge in [-0.1, -0.05) is 15.9 Å². The van der Waals surface area contributed by atoms with Gasteiger partial charge >= 0.3 is 0 Å².